The molecule has 11 nitrogen and oxygen atoms in total. The normalized spacial score (nSPS) is 40.3. The third-order valence-electron chi connectivity index (χ3n) is 12.8. The van der Waals surface area contributed by atoms with Crippen LogP contribution in [0.2, 0.25) is 0 Å². The van der Waals surface area contributed by atoms with Crippen molar-refractivity contribution >= 4 is 29.8 Å². The predicted molar refractivity (Wildman–Crippen MR) is 162 cm³/mol. The summed E-state index contributed by atoms with van der Waals surface area (Å²) >= 11 is 0. The lowest BCUT2D eigenvalue weighted by Gasteiger charge is -2.47. The molecule has 11 heteroatoms. The third kappa shape index (κ3) is 5.47. The van der Waals surface area contributed by atoms with E-state index in [0.717, 1.165) is 12.8 Å². The molecule has 1 saturated heterocycles. The number of methoxy groups -OCH3 is 3. The molecular formula is C35H52O11. The molecule has 4 bridgehead atoms. The lowest BCUT2D eigenvalue weighted by Crippen LogP contribution is -2.51. The summed E-state index contributed by atoms with van der Waals surface area (Å²) in [4.78, 5) is 68.4. The van der Waals surface area contributed by atoms with Crippen molar-refractivity contribution in [2.75, 3.05) is 21.3 Å². The van der Waals surface area contributed by atoms with E-state index in [4.69, 9.17) is 28.4 Å². The highest BCUT2D eigenvalue weighted by Gasteiger charge is 2.70. The molecule has 4 aliphatic carbocycles. The summed E-state index contributed by atoms with van der Waals surface area (Å²) in [6.07, 6.45) is 2.27. The summed E-state index contributed by atoms with van der Waals surface area (Å²) in [5, 5.41) is 0. The first kappa shape index (κ1) is 34.8. The molecule has 13 unspecified atom stereocenters. The lowest BCUT2D eigenvalue weighted by molar-refractivity contribution is -0.225. The molecule has 0 aromatic carbocycles. The Morgan fingerprint density at radius 3 is 1.70 bits per heavy atom. The average molecular weight is 649 g/mol. The highest BCUT2D eigenvalue weighted by molar-refractivity contribution is 5.97. The van der Waals surface area contributed by atoms with Gasteiger partial charge in [-0.25, -0.2) is 0 Å². The Labute approximate surface area is 272 Å². The number of hydrogen-bond acceptors (Lipinski definition) is 11. The molecule has 46 heavy (non-hydrogen) atoms. The van der Waals surface area contributed by atoms with Gasteiger partial charge in [0.15, 0.2) is 0 Å². The van der Waals surface area contributed by atoms with Crippen molar-refractivity contribution in [1.29, 1.82) is 0 Å². The predicted octanol–water partition coefficient (Wildman–Crippen LogP) is 4.40. The van der Waals surface area contributed by atoms with Crippen LogP contribution in [0, 0.1) is 82.3 Å². The van der Waals surface area contributed by atoms with Gasteiger partial charge in [0.05, 0.1) is 36.2 Å². The zero-order valence-electron chi connectivity index (χ0n) is 29.1. The number of cyclic esters (lactones) is 2. The van der Waals surface area contributed by atoms with Crippen LogP contribution in [-0.2, 0) is 52.4 Å². The van der Waals surface area contributed by atoms with E-state index in [-0.39, 0.29) is 41.5 Å². The quantitative estimate of drug-likeness (QED) is 0.144. The van der Waals surface area contributed by atoms with Crippen LogP contribution in [0.25, 0.3) is 0 Å². The van der Waals surface area contributed by atoms with Crippen molar-refractivity contribution in [3.05, 3.63) is 0 Å². The van der Waals surface area contributed by atoms with Gasteiger partial charge in [-0.3, -0.25) is 24.0 Å². The zero-order chi connectivity index (χ0) is 34.3. The molecular weight excluding hydrogens is 596 g/mol. The van der Waals surface area contributed by atoms with Gasteiger partial charge >= 0.3 is 29.8 Å². The molecule has 1 aliphatic heterocycles. The fourth-order valence-electron chi connectivity index (χ4n) is 10.7. The van der Waals surface area contributed by atoms with E-state index < -0.39 is 76.4 Å². The lowest BCUT2D eigenvalue weighted by atomic mass is 9.55. The van der Waals surface area contributed by atoms with Gasteiger partial charge in [0.25, 0.3) is 0 Å². The first-order valence-electron chi connectivity index (χ1n) is 16.7. The highest BCUT2D eigenvalue weighted by atomic mass is 16.7. The van der Waals surface area contributed by atoms with Crippen LogP contribution in [-0.4, -0.2) is 62.8 Å². The Balaban J connectivity index is 1.54. The molecule has 5 aliphatic rings. The Bertz CT molecular complexity index is 1270. The van der Waals surface area contributed by atoms with Gasteiger partial charge in [0.2, 0.25) is 11.6 Å². The van der Waals surface area contributed by atoms with E-state index >= 15 is 0 Å². The molecule has 0 amide bonds. The minimum absolute atomic E-state index is 0.149. The highest BCUT2D eigenvalue weighted by Crippen LogP contribution is 2.68. The number of fused-ring (bicyclic) bond motifs is 4. The summed E-state index contributed by atoms with van der Waals surface area (Å²) in [5.74, 6) is -9.55. The van der Waals surface area contributed by atoms with Crippen LogP contribution < -0.4 is 0 Å². The topological polar surface area (TPSA) is 141 Å². The van der Waals surface area contributed by atoms with E-state index in [1.807, 2.05) is 20.8 Å². The van der Waals surface area contributed by atoms with Crippen molar-refractivity contribution < 1.29 is 52.4 Å². The zero-order valence-corrected chi connectivity index (χ0v) is 29.1. The number of carbonyl (C=O) groups excluding carboxylic acids is 5. The second-order valence-electron chi connectivity index (χ2n) is 16.1. The Kier molecular flexibility index (Phi) is 8.97. The van der Waals surface area contributed by atoms with E-state index in [2.05, 4.69) is 6.92 Å². The largest absolute Gasteiger partial charge is 0.469 e. The second-order valence-corrected chi connectivity index (χ2v) is 16.1. The second kappa shape index (κ2) is 11.9. The molecule has 258 valence electrons. The van der Waals surface area contributed by atoms with Crippen molar-refractivity contribution in [3.63, 3.8) is 0 Å². The fourth-order valence-corrected chi connectivity index (χ4v) is 10.7. The monoisotopic (exact) mass is 648 g/mol. The maximum Gasteiger partial charge on any atom is 0.317 e. The number of ether oxygens (including phenoxy) is 6. The van der Waals surface area contributed by atoms with Crippen molar-refractivity contribution in [3.8, 4) is 0 Å². The summed E-state index contributed by atoms with van der Waals surface area (Å²) < 4.78 is 33.0. The van der Waals surface area contributed by atoms with Crippen LogP contribution in [0.5, 0.6) is 0 Å². The SMILES string of the molecule is COC(=O)C(C)(C)C1C2CC(CC2C)C1C1C(=O)OC(=O)C1C1C(C)C2CC1C(C(=O)OC(C)(C)OC)C2C(=O)OC(C)(C)OC. The molecule has 4 saturated carbocycles. The van der Waals surface area contributed by atoms with Gasteiger partial charge in [0, 0.05) is 41.9 Å². The molecule has 1 heterocycles. The Morgan fingerprint density at radius 1 is 0.696 bits per heavy atom. The van der Waals surface area contributed by atoms with Crippen molar-refractivity contribution in [2.45, 2.75) is 86.2 Å². The van der Waals surface area contributed by atoms with Crippen molar-refractivity contribution in [2.24, 2.45) is 82.3 Å². The number of carbonyl (C=O) groups is 5. The number of hydrogen-bond donors (Lipinski definition) is 0. The van der Waals surface area contributed by atoms with E-state index in [0.29, 0.717) is 12.3 Å². The smallest absolute Gasteiger partial charge is 0.317 e. The van der Waals surface area contributed by atoms with Gasteiger partial charge < -0.3 is 28.4 Å². The van der Waals surface area contributed by atoms with Crippen molar-refractivity contribution in [1.82, 2.24) is 0 Å². The molecule has 0 spiro atoms. The van der Waals surface area contributed by atoms with E-state index in [1.165, 1.54) is 21.3 Å². The third-order valence-corrected chi connectivity index (χ3v) is 12.8. The summed E-state index contributed by atoms with van der Waals surface area (Å²) in [7, 11) is 4.24. The summed E-state index contributed by atoms with van der Waals surface area (Å²) in [6.45, 7) is 14.4. The van der Waals surface area contributed by atoms with Crippen LogP contribution in [0.15, 0.2) is 0 Å². The summed E-state index contributed by atoms with van der Waals surface area (Å²) in [6, 6.07) is 0. The maximum atomic E-state index is 14.0. The van der Waals surface area contributed by atoms with Crippen LogP contribution >= 0.6 is 0 Å². The standard InChI is InChI=1S/C35H52O11/c1-15-12-17-13-18(15)27(33(3,4)32(40)41-9)22(17)26-25(28(36)44-29(26)37)21-16(2)19-14-20(21)24(31(39)46-35(7,8)43-11)23(19)30(38)45-34(5,6)42-10/h15-27H,12-14H2,1-11H3. The molecule has 0 aromatic heterocycles. The number of esters is 5. The minimum atomic E-state index is -1.25. The Hall–Kier alpha value is -2.53. The van der Waals surface area contributed by atoms with Gasteiger partial charge in [-0.05, 0) is 86.4 Å². The maximum absolute atomic E-state index is 14.0. The number of rotatable bonds is 10. The van der Waals surface area contributed by atoms with Crippen LogP contribution in [0.1, 0.15) is 74.7 Å². The first-order chi connectivity index (χ1) is 21.3. The fraction of sp³-hybridized carbons (Fsp3) is 0.857. The molecule has 5 rings (SSSR count). The van der Waals surface area contributed by atoms with Crippen LogP contribution in [0.3, 0.4) is 0 Å². The molecule has 0 radical (unpaired) electrons. The van der Waals surface area contributed by atoms with Gasteiger partial charge in [-0.15, -0.1) is 0 Å². The average Bonchev–Trinajstić information content (AvgIpc) is 3.76. The van der Waals surface area contributed by atoms with E-state index in [1.54, 1.807) is 27.7 Å². The first-order valence-corrected chi connectivity index (χ1v) is 16.7. The molecule has 0 aromatic rings. The van der Waals surface area contributed by atoms with E-state index in [9.17, 15) is 24.0 Å². The molecule has 13 atom stereocenters. The van der Waals surface area contributed by atoms with Gasteiger partial charge in [0.1, 0.15) is 0 Å². The summed E-state index contributed by atoms with van der Waals surface area (Å²) in [5.41, 5.74) is -0.884. The Morgan fingerprint density at radius 2 is 1.20 bits per heavy atom. The molecule has 0 N–H and O–H groups in total. The van der Waals surface area contributed by atoms with Gasteiger partial charge in [-0.1, -0.05) is 13.8 Å². The van der Waals surface area contributed by atoms with Crippen LogP contribution in [0.4, 0.5) is 0 Å². The molecule has 5 fully saturated rings. The van der Waals surface area contributed by atoms with Gasteiger partial charge in [-0.2, -0.15) is 0 Å². The minimum Gasteiger partial charge on any atom is -0.469 e.